The van der Waals surface area contributed by atoms with Gasteiger partial charge in [-0.25, -0.2) is 0 Å². The summed E-state index contributed by atoms with van der Waals surface area (Å²) in [6, 6.07) is 2.09. The van der Waals surface area contributed by atoms with E-state index < -0.39 is 0 Å². The van der Waals surface area contributed by atoms with E-state index in [1.807, 2.05) is 11.8 Å². The number of hydrogen-bond acceptors (Lipinski definition) is 2. The molecular weight excluding hydrogens is 188 g/mol. The SMILES string of the molecule is CC(C(=O)N1CCCCC1C#N)C1CC1. The van der Waals surface area contributed by atoms with E-state index in [1.54, 1.807) is 0 Å². The van der Waals surface area contributed by atoms with Crippen LogP contribution in [0.1, 0.15) is 39.0 Å². The number of piperidine rings is 1. The van der Waals surface area contributed by atoms with Gasteiger partial charge in [-0.05, 0) is 38.0 Å². The highest BCUT2D eigenvalue weighted by Gasteiger charge is 2.37. The summed E-state index contributed by atoms with van der Waals surface area (Å²) >= 11 is 0. The van der Waals surface area contributed by atoms with Crippen molar-refractivity contribution >= 4 is 5.91 Å². The van der Waals surface area contributed by atoms with Crippen molar-refractivity contribution in [1.82, 2.24) is 4.90 Å². The molecule has 2 unspecified atom stereocenters. The van der Waals surface area contributed by atoms with Crippen LogP contribution in [0.4, 0.5) is 0 Å². The first kappa shape index (κ1) is 10.5. The van der Waals surface area contributed by atoms with Crippen molar-refractivity contribution in [2.24, 2.45) is 11.8 Å². The zero-order valence-electron chi connectivity index (χ0n) is 9.28. The van der Waals surface area contributed by atoms with Crippen LogP contribution in [0, 0.1) is 23.2 Å². The molecule has 1 amide bonds. The predicted octanol–water partition coefficient (Wildman–Crippen LogP) is 1.94. The lowest BCUT2D eigenvalue weighted by Crippen LogP contribution is -2.45. The molecule has 0 aromatic rings. The Morgan fingerprint density at radius 3 is 2.73 bits per heavy atom. The Morgan fingerprint density at radius 1 is 1.40 bits per heavy atom. The summed E-state index contributed by atoms with van der Waals surface area (Å²) < 4.78 is 0. The minimum atomic E-state index is -0.160. The molecule has 1 heterocycles. The van der Waals surface area contributed by atoms with Crippen LogP contribution in [0.3, 0.4) is 0 Å². The van der Waals surface area contributed by atoms with Gasteiger partial charge in [0.15, 0.2) is 0 Å². The fourth-order valence-corrected chi connectivity index (χ4v) is 2.39. The van der Waals surface area contributed by atoms with Gasteiger partial charge in [0.05, 0.1) is 6.07 Å². The van der Waals surface area contributed by atoms with Crippen molar-refractivity contribution in [1.29, 1.82) is 5.26 Å². The highest BCUT2D eigenvalue weighted by Crippen LogP contribution is 2.38. The first-order valence-electron chi connectivity index (χ1n) is 5.94. The molecule has 0 aromatic carbocycles. The molecule has 0 aromatic heterocycles. The van der Waals surface area contributed by atoms with E-state index in [4.69, 9.17) is 5.26 Å². The van der Waals surface area contributed by atoms with Crippen LogP contribution in [0.25, 0.3) is 0 Å². The summed E-state index contributed by atoms with van der Waals surface area (Å²) in [5.74, 6) is 0.946. The lowest BCUT2D eigenvalue weighted by atomic mass is 9.98. The van der Waals surface area contributed by atoms with Crippen molar-refractivity contribution in [3.8, 4) is 6.07 Å². The van der Waals surface area contributed by atoms with Gasteiger partial charge in [-0.1, -0.05) is 6.92 Å². The summed E-state index contributed by atoms with van der Waals surface area (Å²) in [5, 5.41) is 9.00. The van der Waals surface area contributed by atoms with Crippen molar-refractivity contribution in [3.05, 3.63) is 0 Å². The van der Waals surface area contributed by atoms with Crippen LogP contribution in [0.2, 0.25) is 0 Å². The smallest absolute Gasteiger partial charge is 0.226 e. The Labute approximate surface area is 91.1 Å². The molecule has 82 valence electrons. The quantitative estimate of drug-likeness (QED) is 0.693. The van der Waals surface area contributed by atoms with Crippen LogP contribution in [-0.4, -0.2) is 23.4 Å². The molecule has 2 aliphatic rings. The number of nitriles is 1. The molecule has 0 N–H and O–H groups in total. The van der Waals surface area contributed by atoms with Gasteiger partial charge >= 0.3 is 0 Å². The van der Waals surface area contributed by atoms with Gasteiger partial charge in [0.25, 0.3) is 0 Å². The molecule has 2 atom stereocenters. The van der Waals surface area contributed by atoms with E-state index in [0.29, 0.717) is 5.92 Å². The van der Waals surface area contributed by atoms with E-state index in [2.05, 4.69) is 6.07 Å². The maximum atomic E-state index is 12.1. The molecule has 2 fully saturated rings. The third-order valence-corrected chi connectivity index (χ3v) is 3.65. The molecule has 3 heteroatoms. The second-order valence-electron chi connectivity index (χ2n) is 4.80. The summed E-state index contributed by atoms with van der Waals surface area (Å²) in [5.41, 5.74) is 0. The van der Waals surface area contributed by atoms with E-state index in [0.717, 1.165) is 25.8 Å². The molecule has 1 saturated carbocycles. The van der Waals surface area contributed by atoms with Crippen LogP contribution in [-0.2, 0) is 4.79 Å². The first-order chi connectivity index (χ1) is 7.24. The zero-order chi connectivity index (χ0) is 10.8. The molecule has 1 aliphatic heterocycles. The molecule has 1 saturated heterocycles. The van der Waals surface area contributed by atoms with E-state index in [-0.39, 0.29) is 17.9 Å². The predicted molar refractivity (Wildman–Crippen MR) is 56.9 cm³/mol. The van der Waals surface area contributed by atoms with E-state index in [1.165, 1.54) is 12.8 Å². The molecule has 1 aliphatic carbocycles. The highest BCUT2D eigenvalue weighted by molar-refractivity contribution is 5.79. The fourth-order valence-electron chi connectivity index (χ4n) is 2.39. The minimum absolute atomic E-state index is 0.138. The molecule has 2 rings (SSSR count). The Bertz CT molecular complexity index is 290. The summed E-state index contributed by atoms with van der Waals surface area (Å²) in [4.78, 5) is 13.9. The van der Waals surface area contributed by atoms with Gasteiger partial charge < -0.3 is 4.90 Å². The highest BCUT2D eigenvalue weighted by atomic mass is 16.2. The molecule has 3 nitrogen and oxygen atoms in total. The van der Waals surface area contributed by atoms with Crippen LogP contribution in [0.15, 0.2) is 0 Å². The van der Waals surface area contributed by atoms with Crippen molar-refractivity contribution in [2.45, 2.75) is 45.1 Å². The van der Waals surface area contributed by atoms with Gasteiger partial charge in [-0.3, -0.25) is 4.79 Å². The lowest BCUT2D eigenvalue weighted by Gasteiger charge is -2.33. The number of amides is 1. The van der Waals surface area contributed by atoms with Gasteiger partial charge in [0, 0.05) is 12.5 Å². The van der Waals surface area contributed by atoms with Crippen molar-refractivity contribution in [3.63, 3.8) is 0 Å². The third-order valence-electron chi connectivity index (χ3n) is 3.65. The molecule has 0 spiro atoms. The average molecular weight is 206 g/mol. The van der Waals surface area contributed by atoms with Crippen LogP contribution >= 0.6 is 0 Å². The minimum Gasteiger partial charge on any atom is -0.326 e. The summed E-state index contributed by atoms with van der Waals surface area (Å²) in [6.45, 7) is 2.80. The standard InChI is InChI=1S/C12H18N2O/c1-9(10-5-6-10)12(15)14-7-3-2-4-11(14)8-13/h9-11H,2-7H2,1H3. The zero-order valence-corrected chi connectivity index (χ0v) is 9.28. The van der Waals surface area contributed by atoms with E-state index >= 15 is 0 Å². The molecule has 0 radical (unpaired) electrons. The summed E-state index contributed by atoms with van der Waals surface area (Å²) in [7, 11) is 0. The topological polar surface area (TPSA) is 44.1 Å². The van der Waals surface area contributed by atoms with E-state index in [9.17, 15) is 4.79 Å². The number of hydrogen-bond donors (Lipinski definition) is 0. The number of carbonyl (C=O) groups is 1. The van der Waals surface area contributed by atoms with Gasteiger partial charge in [0.1, 0.15) is 6.04 Å². The first-order valence-corrected chi connectivity index (χ1v) is 5.94. The number of nitrogens with zero attached hydrogens (tertiary/aromatic N) is 2. The molecule has 0 bridgehead atoms. The number of likely N-dealkylation sites (tertiary alicyclic amines) is 1. The Balaban J connectivity index is 2.00. The number of carbonyl (C=O) groups excluding carboxylic acids is 1. The monoisotopic (exact) mass is 206 g/mol. The average Bonchev–Trinajstić information content (AvgIpc) is 3.11. The maximum Gasteiger partial charge on any atom is 0.226 e. The second-order valence-corrected chi connectivity index (χ2v) is 4.80. The van der Waals surface area contributed by atoms with Crippen molar-refractivity contribution < 1.29 is 4.79 Å². The van der Waals surface area contributed by atoms with Gasteiger partial charge in [0.2, 0.25) is 5.91 Å². The molecule has 15 heavy (non-hydrogen) atoms. The number of rotatable bonds is 2. The van der Waals surface area contributed by atoms with Crippen LogP contribution in [0.5, 0.6) is 0 Å². The Morgan fingerprint density at radius 2 is 2.13 bits per heavy atom. The normalized spacial score (nSPS) is 28.3. The fraction of sp³-hybridized carbons (Fsp3) is 0.833. The lowest BCUT2D eigenvalue weighted by molar-refractivity contribution is -0.138. The van der Waals surface area contributed by atoms with Gasteiger partial charge in [-0.15, -0.1) is 0 Å². The largest absolute Gasteiger partial charge is 0.326 e. The molecular formula is C12H18N2O. The Kier molecular flexibility index (Phi) is 2.95. The van der Waals surface area contributed by atoms with Crippen molar-refractivity contribution in [2.75, 3.05) is 6.54 Å². The Hall–Kier alpha value is -1.04. The third kappa shape index (κ3) is 2.14. The maximum absolute atomic E-state index is 12.1. The van der Waals surface area contributed by atoms with Gasteiger partial charge in [-0.2, -0.15) is 5.26 Å². The van der Waals surface area contributed by atoms with Crippen LogP contribution < -0.4 is 0 Å². The second kappa shape index (κ2) is 4.22. The summed E-state index contributed by atoms with van der Waals surface area (Å²) in [6.07, 6.45) is 5.39.